The maximum atomic E-state index is 10.6. The van der Waals surface area contributed by atoms with Crippen molar-refractivity contribution in [2.24, 2.45) is 5.73 Å². The Bertz CT molecular complexity index is 786. The van der Waals surface area contributed by atoms with Crippen LogP contribution in [-0.2, 0) is 6.42 Å². The molecule has 4 heteroatoms. The van der Waals surface area contributed by atoms with Gasteiger partial charge in [-0.25, -0.2) is 0 Å². The summed E-state index contributed by atoms with van der Waals surface area (Å²) in [7, 11) is 1.66. The van der Waals surface area contributed by atoms with Crippen molar-refractivity contribution >= 4 is 6.29 Å². The highest BCUT2D eigenvalue weighted by Crippen LogP contribution is 2.21. The lowest BCUT2D eigenvalue weighted by Crippen LogP contribution is -2.02. The van der Waals surface area contributed by atoms with Crippen molar-refractivity contribution in [3.05, 3.63) is 90.0 Å². The summed E-state index contributed by atoms with van der Waals surface area (Å²) in [5.74, 6) is 2.33. The second kappa shape index (κ2) is 10.7. The SMILES string of the molecule is COc1ccc(CCN)cc1.O=Cc1cccc(Oc2ccccc2)c1. The zero-order valence-electron chi connectivity index (χ0n) is 14.8. The van der Waals surface area contributed by atoms with E-state index in [1.165, 1.54) is 5.56 Å². The summed E-state index contributed by atoms with van der Waals surface area (Å²) in [4.78, 5) is 10.6. The summed E-state index contributed by atoms with van der Waals surface area (Å²) in [5, 5.41) is 0. The number of rotatable bonds is 6. The summed E-state index contributed by atoms with van der Waals surface area (Å²) >= 11 is 0. The van der Waals surface area contributed by atoms with E-state index < -0.39 is 0 Å². The topological polar surface area (TPSA) is 61.5 Å². The Hall–Kier alpha value is -3.11. The number of hydrogen-bond acceptors (Lipinski definition) is 4. The molecule has 0 aromatic heterocycles. The fourth-order valence-corrected chi connectivity index (χ4v) is 2.23. The molecule has 0 unspecified atom stereocenters. The fourth-order valence-electron chi connectivity index (χ4n) is 2.23. The van der Waals surface area contributed by atoms with Crippen molar-refractivity contribution in [3.63, 3.8) is 0 Å². The van der Waals surface area contributed by atoms with Crippen LogP contribution in [0.25, 0.3) is 0 Å². The van der Waals surface area contributed by atoms with Crippen LogP contribution in [-0.4, -0.2) is 19.9 Å². The van der Waals surface area contributed by atoms with Crippen molar-refractivity contribution in [1.29, 1.82) is 0 Å². The number of nitrogens with two attached hydrogens (primary N) is 1. The Kier molecular flexibility index (Phi) is 7.90. The van der Waals surface area contributed by atoms with E-state index in [1.54, 1.807) is 25.3 Å². The van der Waals surface area contributed by atoms with Crippen LogP contribution in [0.5, 0.6) is 17.2 Å². The molecule has 0 atom stereocenters. The molecule has 0 amide bonds. The molecule has 0 bridgehead atoms. The minimum Gasteiger partial charge on any atom is -0.497 e. The highest BCUT2D eigenvalue weighted by atomic mass is 16.5. The molecular weight excluding hydrogens is 326 g/mol. The van der Waals surface area contributed by atoms with Crippen LogP contribution < -0.4 is 15.2 Å². The molecule has 2 N–H and O–H groups in total. The van der Waals surface area contributed by atoms with Crippen molar-refractivity contribution in [1.82, 2.24) is 0 Å². The van der Waals surface area contributed by atoms with Gasteiger partial charge in [0.2, 0.25) is 0 Å². The number of methoxy groups -OCH3 is 1. The molecule has 134 valence electrons. The van der Waals surface area contributed by atoms with E-state index in [-0.39, 0.29) is 0 Å². The van der Waals surface area contributed by atoms with E-state index in [0.29, 0.717) is 17.9 Å². The minimum atomic E-state index is 0.614. The van der Waals surface area contributed by atoms with Gasteiger partial charge < -0.3 is 15.2 Å². The summed E-state index contributed by atoms with van der Waals surface area (Å²) in [6.45, 7) is 0.701. The zero-order chi connectivity index (χ0) is 18.6. The van der Waals surface area contributed by atoms with E-state index in [2.05, 4.69) is 0 Å². The Morgan fingerprint density at radius 1 is 0.846 bits per heavy atom. The average Bonchev–Trinajstić information content (AvgIpc) is 2.70. The molecule has 3 rings (SSSR count). The molecule has 0 aliphatic carbocycles. The molecule has 0 heterocycles. The van der Waals surface area contributed by atoms with E-state index in [9.17, 15) is 4.79 Å². The van der Waals surface area contributed by atoms with Gasteiger partial charge in [-0.3, -0.25) is 4.79 Å². The number of para-hydroxylation sites is 1. The van der Waals surface area contributed by atoms with Crippen LogP contribution in [0.15, 0.2) is 78.9 Å². The highest BCUT2D eigenvalue weighted by molar-refractivity contribution is 5.75. The van der Waals surface area contributed by atoms with Crippen LogP contribution >= 0.6 is 0 Å². The van der Waals surface area contributed by atoms with Gasteiger partial charge in [0, 0.05) is 5.56 Å². The van der Waals surface area contributed by atoms with Crippen LogP contribution in [0.3, 0.4) is 0 Å². The molecule has 3 aromatic carbocycles. The van der Waals surface area contributed by atoms with Crippen LogP contribution in [0.1, 0.15) is 15.9 Å². The summed E-state index contributed by atoms with van der Waals surface area (Å²) in [6.07, 6.45) is 1.74. The molecule has 0 aliphatic rings. The molecular formula is C22H23NO3. The second-order valence-corrected chi connectivity index (χ2v) is 5.49. The highest BCUT2D eigenvalue weighted by Gasteiger charge is 1.97. The summed E-state index contributed by atoms with van der Waals surface area (Å²) < 4.78 is 10.6. The maximum Gasteiger partial charge on any atom is 0.150 e. The lowest BCUT2D eigenvalue weighted by molar-refractivity contribution is 0.112. The van der Waals surface area contributed by atoms with Crippen molar-refractivity contribution < 1.29 is 14.3 Å². The third kappa shape index (κ3) is 6.42. The normalized spacial score (nSPS) is 9.62. The number of carbonyl (C=O) groups is 1. The lowest BCUT2D eigenvalue weighted by Gasteiger charge is -2.04. The van der Waals surface area contributed by atoms with Crippen LogP contribution in [0, 0.1) is 0 Å². The fraction of sp³-hybridized carbons (Fsp3) is 0.136. The number of ether oxygens (including phenoxy) is 2. The molecule has 0 radical (unpaired) electrons. The first kappa shape index (κ1) is 19.2. The number of benzene rings is 3. The quantitative estimate of drug-likeness (QED) is 0.666. The smallest absolute Gasteiger partial charge is 0.150 e. The molecule has 0 spiro atoms. The van der Waals surface area contributed by atoms with Gasteiger partial charge in [0.15, 0.2) is 0 Å². The number of hydrogen-bond donors (Lipinski definition) is 1. The second-order valence-electron chi connectivity index (χ2n) is 5.49. The summed E-state index contributed by atoms with van der Waals surface area (Å²) in [5.41, 5.74) is 7.27. The maximum absolute atomic E-state index is 10.6. The van der Waals surface area contributed by atoms with Gasteiger partial charge in [-0.2, -0.15) is 0 Å². The van der Waals surface area contributed by atoms with Crippen LogP contribution in [0.4, 0.5) is 0 Å². The van der Waals surface area contributed by atoms with E-state index in [4.69, 9.17) is 15.2 Å². The summed E-state index contributed by atoms with van der Waals surface area (Å²) in [6, 6.07) is 24.5. The van der Waals surface area contributed by atoms with Crippen molar-refractivity contribution in [2.75, 3.05) is 13.7 Å². The predicted molar refractivity (Wildman–Crippen MR) is 104 cm³/mol. The monoisotopic (exact) mass is 349 g/mol. The van der Waals surface area contributed by atoms with Gasteiger partial charge in [-0.05, 0) is 54.9 Å². The van der Waals surface area contributed by atoms with Gasteiger partial charge in [0.05, 0.1) is 7.11 Å². The third-order valence-electron chi connectivity index (χ3n) is 3.57. The zero-order valence-corrected chi connectivity index (χ0v) is 14.8. The molecule has 0 fully saturated rings. The first-order valence-corrected chi connectivity index (χ1v) is 8.36. The van der Waals surface area contributed by atoms with Gasteiger partial charge in [0.25, 0.3) is 0 Å². The van der Waals surface area contributed by atoms with E-state index >= 15 is 0 Å². The van der Waals surface area contributed by atoms with Crippen LogP contribution in [0.2, 0.25) is 0 Å². The Balaban J connectivity index is 0.000000197. The van der Waals surface area contributed by atoms with E-state index in [0.717, 1.165) is 24.2 Å². The van der Waals surface area contributed by atoms with Crippen molar-refractivity contribution in [3.8, 4) is 17.2 Å². The lowest BCUT2D eigenvalue weighted by atomic mass is 10.1. The Morgan fingerprint density at radius 3 is 2.15 bits per heavy atom. The first-order valence-electron chi connectivity index (χ1n) is 8.36. The standard InChI is InChI=1S/C13H10O2.C9H13NO/c14-10-11-5-4-8-13(9-11)15-12-6-2-1-3-7-12;1-11-9-4-2-8(3-5-9)6-7-10/h1-10H;2-5H,6-7,10H2,1H3. The first-order chi connectivity index (χ1) is 12.7. The predicted octanol–water partition coefficient (Wildman–Crippen LogP) is 4.49. The molecule has 26 heavy (non-hydrogen) atoms. The minimum absolute atomic E-state index is 0.614. The van der Waals surface area contributed by atoms with Crippen molar-refractivity contribution in [2.45, 2.75) is 6.42 Å². The Labute approximate surface area is 154 Å². The number of carbonyl (C=O) groups excluding carboxylic acids is 1. The van der Waals surface area contributed by atoms with Gasteiger partial charge in [0.1, 0.15) is 23.5 Å². The molecule has 0 saturated heterocycles. The third-order valence-corrected chi connectivity index (χ3v) is 3.57. The molecule has 0 aliphatic heterocycles. The van der Waals surface area contributed by atoms with E-state index in [1.807, 2.05) is 60.7 Å². The molecule has 3 aromatic rings. The van der Waals surface area contributed by atoms with Gasteiger partial charge >= 0.3 is 0 Å². The Morgan fingerprint density at radius 2 is 1.54 bits per heavy atom. The molecule has 4 nitrogen and oxygen atoms in total. The molecule has 0 saturated carbocycles. The van der Waals surface area contributed by atoms with Gasteiger partial charge in [-0.15, -0.1) is 0 Å². The van der Waals surface area contributed by atoms with Gasteiger partial charge in [-0.1, -0.05) is 42.5 Å². The average molecular weight is 349 g/mol. The largest absolute Gasteiger partial charge is 0.497 e. The number of aldehydes is 1.